The van der Waals surface area contributed by atoms with E-state index in [0.717, 1.165) is 11.8 Å². The van der Waals surface area contributed by atoms with Gasteiger partial charge in [-0.3, -0.25) is 19.6 Å². The molecule has 1 amide bonds. The van der Waals surface area contributed by atoms with Crippen LogP contribution in [0.2, 0.25) is 0 Å². The Hall–Kier alpha value is -2.90. The molecule has 8 nitrogen and oxygen atoms in total. The molecular weight excluding hydrogens is 288 g/mol. The molecule has 116 valence electrons. The number of amides is 1. The molecule has 0 saturated carbocycles. The van der Waals surface area contributed by atoms with Gasteiger partial charge in [0, 0.05) is 13.0 Å². The van der Waals surface area contributed by atoms with Crippen molar-refractivity contribution in [2.75, 3.05) is 12.4 Å². The first kappa shape index (κ1) is 15.5. The molecule has 1 heterocycles. The number of nitrogens with one attached hydrogen (secondary N) is 1. The highest BCUT2D eigenvalue weighted by Crippen LogP contribution is 2.25. The van der Waals surface area contributed by atoms with E-state index in [1.807, 2.05) is 19.1 Å². The summed E-state index contributed by atoms with van der Waals surface area (Å²) in [4.78, 5) is 22.0. The van der Waals surface area contributed by atoms with Crippen molar-refractivity contribution in [3.63, 3.8) is 0 Å². The fourth-order valence-corrected chi connectivity index (χ4v) is 1.92. The van der Waals surface area contributed by atoms with E-state index in [1.165, 1.54) is 18.0 Å². The Bertz CT molecular complexity index is 696. The summed E-state index contributed by atoms with van der Waals surface area (Å²) in [6.45, 7) is 2.17. The molecule has 0 radical (unpaired) electrons. The quantitative estimate of drug-likeness (QED) is 0.651. The maximum absolute atomic E-state index is 12.0. The summed E-state index contributed by atoms with van der Waals surface area (Å²) in [7, 11) is 1.53. The van der Waals surface area contributed by atoms with Crippen molar-refractivity contribution in [3.05, 3.63) is 46.3 Å². The third kappa shape index (κ3) is 3.81. The highest BCUT2D eigenvalue weighted by atomic mass is 16.6. The molecule has 0 aliphatic rings. The largest absolute Gasteiger partial charge is 0.495 e. The maximum atomic E-state index is 12.0. The topological polar surface area (TPSA) is 99.3 Å². The Morgan fingerprint density at radius 2 is 2.27 bits per heavy atom. The average molecular weight is 304 g/mol. The number of carbonyl (C=O) groups excluding carboxylic acids is 1. The number of carbonyl (C=O) groups is 1. The minimum Gasteiger partial charge on any atom is -0.495 e. The zero-order valence-electron chi connectivity index (χ0n) is 12.3. The normalized spacial score (nSPS) is 10.3. The molecule has 1 N–H and O–H groups in total. The van der Waals surface area contributed by atoms with Gasteiger partial charge in [-0.05, 0) is 24.6 Å². The second-order valence-electron chi connectivity index (χ2n) is 4.72. The Morgan fingerprint density at radius 1 is 1.50 bits per heavy atom. The summed E-state index contributed by atoms with van der Waals surface area (Å²) in [6.07, 6.45) is 2.60. The van der Waals surface area contributed by atoms with E-state index in [-0.39, 0.29) is 24.6 Å². The molecule has 0 atom stereocenters. The number of hydrogen-bond acceptors (Lipinski definition) is 5. The lowest BCUT2D eigenvalue weighted by atomic mass is 10.2. The van der Waals surface area contributed by atoms with Gasteiger partial charge in [-0.1, -0.05) is 6.07 Å². The van der Waals surface area contributed by atoms with Crippen LogP contribution in [0.15, 0.2) is 30.6 Å². The standard InChI is InChI=1S/C14H16N4O4/c1-10-3-4-13(22-2)12(7-10)16-14(19)5-6-17-9-11(8-15-17)18(20)21/h3-4,7-9H,5-6H2,1-2H3,(H,16,19). The lowest BCUT2D eigenvalue weighted by Gasteiger charge is -2.11. The predicted molar refractivity (Wildman–Crippen MR) is 79.9 cm³/mol. The Balaban J connectivity index is 1.95. The Labute approximate surface area is 126 Å². The molecule has 1 aromatic heterocycles. The average Bonchev–Trinajstić information content (AvgIpc) is 2.94. The van der Waals surface area contributed by atoms with E-state index >= 15 is 0 Å². The SMILES string of the molecule is COc1ccc(C)cc1NC(=O)CCn1cc([N+](=O)[O-])cn1. The minimum absolute atomic E-state index is 0.0965. The highest BCUT2D eigenvalue weighted by molar-refractivity contribution is 5.92. The smallest absolute Gasteiger partial charge is 0.306 e. The first-order valence-electron chi connectivity index (χ1n) is 6.61. The number of nitrogens with zero attached hydrogens (tertiary/aromatic N) is 3. The van der Waals surface area contributed by atoms with Crippen LogP contribution in [0.1, 0.15) is 12.0 Å². The van der Waals surface area contributed by atoms with Crippen LogP contribution in [-0.2, 0) is 11.3 Å². The molecule has 8 heteroatoms. The summed E-state index contributed by atoms with van der Waals surface area (Å²) >= 11 is 0. The third-order valence-corrected chi connectivity index (χ3v) is 3.03. The van der Waals surface area contributed by atoms with Gasteiger partial charge in [0.25, 0.3) is 0 Å². The van der Waals surface area contributed by atoms with Crippen molar-refractivity contribution in [1.29, 1.82) is 0 Å². The zero-order valence-corrected chi connectivity index (χ0v) is 12.3. The fourth-order valence-electron chi connectivity index (χ4n) is 1.92. The van der Waals surface area contributed by atoms with Crippen molar-refractivity contribution in [2.45, 2.75) is 19.9 Å². The molecule has 0 aliphatic carbocycles. The Kier molecular flexibility index (Phi) is 4.72. The van der Waals surface area contributed by atoms with Crippen LogP contribution in [0.25, 0.3) is 0 Å². The van der Waals surface area contributed by atoms with Crippen molar-refractivity contribution in [2.24, 2.45) is 0 Å². The number of aryl methyl sites for hydroxylation is 2. The van der Waals surface area contributed by atoms with Crippen LogP contribution in [0.3, 0.4) is 0 Å². The van der Waals surface area contributed by atoms with E-state index in [9.17, 15) is 14.9 Å². The van der Waals surface area contributed by atoms with Gasteiger partial charge >= 0.3 is 5.69 Å². The lowest BCUT2D eigenvalue weighted by molar-refractivity contribution is -0.385. The lowest BCUT2D eigenvalue weighted by Crippen LogP contribution is -2.15. The number of hydrogen-bond donors (Lipinski definition) is 1. The van der Waals surface area contributed by atoms with Gasteiger partial charge in [0.1, 0.15) is 18.1 Å². The summed E-state index contributed by atoms with van der Waals surface area (Å²) in [5, 5.41) is 17.2. The molecule has 22 heavy (non-hydrogen) atoms. The predicted octanol–water partition coefficient (Wildman–Crippen LogP) is 2.14. The molecule has 0 fully saturated rings. The zero-order chi connectivity index (χ0) is 16.1. The van der Waals surface area contributed by atoms with Gasteiger partial charge in [-0.25, -0.2) is 0 Å². The van der Waals surface area contributed by atoms with Gasteiger partial charge in [-0.15, -0.1) is 0 Å². The second kappa shape index (κ2) is 6.70. The van der Waals surface area contributed by atoms with Crippen LogP contribution in [0.5, 0.6) is 5.75 Å². The number of benzene rings is 1. The fraction of sp³-hybridized carbons (Fsp3) is 0.286. The molecule has 2 rings (SSSR count). The van der Waals surface area contributed by atoms with Crippen LogP contribution in [-0.4, -0.2) is 27.7 Å². The number of nitro groups is 1. The Morgan fingerprint density at radius 3 is 2.91 bits per heavy atom. The molecule has 0 saturated heterocycles. The molecule has 2 aromatic rings. The van der Waals surface area contributed by atoms with E-state index in [4.69, 9.17) is 4.74 Å². The molecular formula is C14H16N4O4. The molecule has 0 bridgehead atoms. The van der Waals surface area contributed by atoms with Gasteiger partial charge < -0.3 is 10.1 Å². The van der Waals surface area contributed by atoms with Crippen LogP contribution >= 0.6 is 0 Å². The van der Waals surface area contributed by atoms with Crippen LogP contribution in [0.4, 0.5) is 11.4 Å². The number of ether oxygens (including phenoxy) is 1. The first-order valence-corrected chi connectivity index (χ1v) is 6.61. The van der Waals surface area contributed by atoms with E-state index < -0.39 is 4.92 Å². The summed E-state index contributed by atoms with van der Waals surface area (Å²) in [5.41, 5.74) is 1.50. The molecule has 0 spiro atoms. The van der Waals surface area contributed by atoms with E-state index in [1.54, 1.807) is 6.07 Å². The van der Waals surface area contributed by atoms with Gasteiger partial charge in [0.15, 0.2) is 0 Å². The third-order valence-electron chi connectivity index (χ3n) is 3.03. The molecule has 0 unspecified atom stereocenters. The van der Waals surface area contributed by atoms with E-state index in [2.05, 4.69) is 10.4 Å². The molecule has 1 aromatic carbocycles. The van der Waals surface area contributed by atoms with Crippen molar-refractivity contribution < 1.29 is 14.5 Å². The monoisotopic (exact) mass is 304 g/mol. The van der Waals surface area contributed by atoms with Crippen LogP contribution < -0.4 is 10.1 Å². The maximum Gasteiger partial charge on any atom is 0.306 e. The summed E-state index contributed by atoms with van der Waals surface area (Å²) in [5.74, 6) is 0.357. The number of anilines is 1. The van der Waals surface area contributed by atoms with E-state index in [0.29, 0.717) is 11.4 Å². The first-order chi connectivity index (χ1) is 10.5. The van der Waals surface area contributed by atoms with Crippen molar-refractivity contribution in [3.8, 4) is 5.75 Å². The van der Waals surface area contributed by atoms with Crippen molar-refractivity contribution in [1.82, 2.24) is 9.78 Å². The van der Waals surface area contributed by atoms with Crippen LogP contribution in [0, 0.1) is 17.0 Å². The molecule has 0 aliphatic heterocycles. The number of rotatable bonds is 6. The number of aromatic nitrogens is 2. The highest BCUT2D eigenvalue weighted by Gasteiger charge is 2.11. The number of methoxy groups -OCH3 is 1. The minimum atomic E-state index is -0.527. The van der Waals surface area contributed by atoms with Crippen molar-refractivity contribution >= 4 is 17.3 Å². The van der Waals surface area contributed by atoms with Gasteiger partial charge in [0.05, 0.1) is 17.7 Å². The second-order valence-corrected chi connectivity index (χ2v) is 4.72. The van der Waals surface area contributed by atoms with Gasteiger partial charge in [0.2, 0.25) is 5.91 Å². The van der Waals surface area contributed by atoms with Gasteiger partial charge in [-0.2, -0.15) is 5.10 Å². The summed E-state index contributed by atoms with van der Waals surface area (Å²) in [6, 6.07) is 5.48. The summed E-state index contributed by atoms with van der Waals surface area (Å²) < 4.78 is 6.55.